The summed E-state index contributed by atoms with van der Waals surface area (Å²) in [6.07, 6.45) is 7.10. The van der Waals surface area contributed by atoms with Crippen molar-refractivity contribution in [2.45, 2.75) is 102 Å². The molecular weight excluding hydrogens is 589 g/mol. The van der Waals surface area contributed by atoms with Crippen LogP contribution >= 0.6 is 11.6 Å². The van der Waals surface area contributed by atoms with Crippen LogP contribution in [0.1, 0.15) is 83.1 Å². The van der Waals surface area contributed by atoms with E-state index < -0.39 is 5.54 Å². The Bertz CT molecular complexity index is 1540. The highest BCUT2D eigenvalue weighted by Crippen LogP contribution is 2.45. The number of piperidine rings is 2. The molecule has 2 aromatic carbocycles. The Morgan fingerprint density at radius 3 is 2.40 bits per heavy atom. The molecule has 0 saturated carbocycles. The Kier molecular flexibility index (Phi) is 9.01. The van der Waals surface area contributed by atoms with Gasteiger partial charge in [0.25, 0.3) is 0 Å². The third-order valence-corrected chi connectivity index (χ3v) is 11.7. The summed E-state index contributed by atoms with van der Waals surface area (Å²) >= 11 is 5.78. The van der Waals surface area contributed by atoms with Crippen LogP contribution in [0.5, 0.6) is 0 Å². The number of hydrogen-bond acceptors (Lipinski definition) is 4. The van der Waals surface area contributed by atoms with Gasteiger partial charge in [0, 0.05) is 31.2 Å². The minimum absolute atomic E-state index is 0.0776. The summed E-state index contributed by atoms with van der Waals surface area (Å²) in [6.45, 7) is 9.91. The molecule has 3 aromatic rings. The van der Waals surface area contributed by atoms with E-state index in [1.165, 1.54) is 24.4 Å². The first-order valence-corrected chi connectivity index (χ1v) is 17.2. The lowest BCUT2D eigenvalue weighted by Crippen LogP contribution is -2.62. The number of fused-ring (bicyclic) bond motifs is 3. The van der Waals surface area contributed by atoms with Crippen LogP contribution < -0.4 is 5.32 Å². The van der Waals surface area contributed by atoms with Gasteiger partial charge in [-0.15, -0.1) is 11.6 Å². The molecule has 2 amide bonds. The van der Waals surface area contributed by atoms with Gasteiger partial charge in [-0.25, -0.2) is 9.37 Å². The van der Waals surface area contributed by atoms with E-state index in [9.17, 15) is 14.0 Å². The fraction of sp³-hybridized carbons (Fsp3) is 0.583. The number of aromatic nitrogens is 2. The normalized spacial score (nSPS) is 24.6. The van der Waals surface area contributed by atoms with Crippen LogP contribution in [0.4, 0.5) is 4.39 Å². The van der Waals surface area contributed by atoms with E-state index in [2.05, 4.69) is 52.0 Å². The number of aryl methyl sites for hydroxylation is 1. The van der Waals surface area contributed by atoms with Crippen molar-refractivity contribution in [3.8, 4) is 0 Å². The summed E-state index contributed by atoms with van der Waals surface area (Å²) in [4.78, 5) is 35.6. The Morgan fingerprint density at radius 1 is 1.07 bits per heavy atom. The molecule has 242 valence electrons. The summed E-state index contributed by atoms with van der Waals surface area (Å²) in [5, 5.41) is 2.89. The molecule has 9 heteroatoms. The Balaban J connectivity index is 1.18. The van der Waals surface area contributed by atoms with Crippen molar-refractivity contribution in [1.82, 2.24) is 24.7 Å². The van der Waals surface area contributed by atoms with Crippen molar-refractivity contribution in [3.63, 3.8) is 0 Å². The van der Waals surface area contributed by atoms with Crippen LogP contribution in [0.3, 0.4) is 0 Å². The predicted octanol–water partition coefficient (Wildman–Crippen LogP) is 6.37. The van der Waals surface area contributed by atoms with E-state index >= 15 is 0 Å². The molecule has 3 aliphatic rings. The molecule has 0 radical (unpaired) electrons. The van der Waals surface area contributed by atoms with Crippen molar-refractivity contribution in [2.24, 2.45) is 5.92 Å². The second-order valence-corrected chi connectivity index (χ2v) is 14.4. The van der Waals surface area contributed by atoms with Crippen molar-refractivity contribution in [2.75, 3.05) is 25.5 Å². The molecule has 3 unspecified atom stereocenters. The Morgan fingerprint density at radius 2 is 1.76 bits per heavy atom. The van der Waals surface area contributed by atoms with Gasteiger partial charge in [-0.1, -0.05) is 38.1 Å². The lowest BCUT2D eigenvalue weighted by molar-refractivity contribution is -0.144. The molecule has 3 fully saturated rings. The number of carbonyl (C=O) groups is 2. The average molecular weight is 636 g/mol. The quantitative estimate of drug-likeness (QED) is 0.277. The molecule has 3 aliphatic heterocycles. The third kappa shape index (κ3) is 6.00. The predicted molar refractivity (Wildman–Crippen MR) is 177 cm³/mol. The number of carbonyl (C=O) groups excluding carboxylic acids is 2. The molecular formula is C36H47ClFN5O2. The summed E-state index contributed by atoms with van der Waals surface area (Å²) in [5.74, 6) is 0.167. The number of nitrogens with one attached hydrogen (secondary N) is 1. The highest BCUT2D eigenvalue weighted by Gasteiger charge is 2.46. The molecule has 1 N–H and O–H groups in total. The molecule has 0 aliphatic carbocycles. The topological polar surface area (TPSA) is 70.5 Å². The summed E-state index contributed by atoms with van der Waals surface area (Å²) in [5.41, 5.74) is 2.07. The van der Waals surface area contributed by atoms with Crippen molar-refractivity contribution < 1.29 is 14.0 Å². The largest absolute Gasteiger partial charge is 0.341 e. The maximum atomic E-state index is 14.6. The number of benzene rings is 2. The first kappa shape index (κ1) is 32.0. The van der Waals surface area contributed by atoms with E-state index in [4.69, 9.17) is 16.6 Å². The zero-order valence-corrected chi connectivity index (χ0v) is 27.8. The molecule has 1 aromatic heterocycles. The van der Waals surface area contributed by atoms with Gasteiger partial charge >= 0.3 is 0 Å². The van der Waals surface area contributed by atoms with Gasteiger partial charge in [-0.3, -0.25) is 14.5 Å². The number of amides is 2. The summed E-state index contributed by atoms with van der Waals surface area (Å²) < 4.78 is 17.1. The van der Waals surface area contributed by atoms with Crippen LogP contribution in [0.25, 0.3) is 11.0 Å². The van der Waals surface area contributed by atoms with Gasteiger partial charge in [0.15, 0.2) is 0 Å². The molecule has 2 bridgehead atoms. The van der Waals surface area contributed by atoms with Gasteiger partial charge in [-0.05, 0) is 106 Å². The van der Waals surface area contributed by atoms with Crippen molar-refractivity contribution in [1.29, 1.82) is 0 Å². The fourth-order valence-corrected chi connectivity index (χ4v) is 8.59. The highest BCUT2D eigenvalue weighted by atomic mass is 35.5. The lowest BCUT2D eigenvalue weighted by atomic mass is 9.69. The van der Waals surface area contributed by atoms with E-state index in [1.54, 1.807) is 13.0 Å². The number of likely N-dealkylation sites (tertiary alicyclic amines) is 1. The van der Waals surface area contributed by atoms with E-state index in [0.29, 0.717) is 31.2 Å². The average Bonchev–Trinajstić information content (AvgIpc) is 3.49. The maximum Gasteiger partial charge on any atom is 0.248 e. The number of halogens is 2. The van der Waals surface area contributed by atoms with Gasteiger partial charge in [0.2, 0.25) is 11.8 Å². The van der Waals surface area contributed by atoms with Crippen molar-refractivity contribution in [3.05, 3.63) is 65.7 Å². The molecule has 6 rings (SSSR count). The first-order chi connectivity index (χ1) is 21.5. The fourth-order valence-electron chi connectivity index (χ4n) is 8.53. The van der Waals surface area contributed by atoms with Gasteiger partial charge in [-0.2, -0.15) is 0 Å². The van der Waals surface area contributed by atoms with E-state index in [0.717, 1.165) is 55.6 Å². The SMILES string of the molecule is Cc1nc2ccccc2n1C1CC2CCC(C1)N2CCC1(c2cccc(F)c2)CCN(C(=O)C(C)(NC(=O)CCl)C(C)C)CC1. The highest BCUT2D eigenvalue weighted by molar-refractivity contribution is 6.27. The van der Waals surface area contributed by atoms with E-state index in [-0.39, 0.29) is 34.8 Å². The number of rotatable bonds is 9. The number of imidazole rings is 1. The standard InChI is InChI=1S/C36H47ClFN5O2/c1-24(2)35(4,40-33(44)23-37)34(45)41-17-14-36(15-18-41,26-8-7-9-27(38)20-26)16-19-42-28-12-13-29(42)22-30(21-28)43-25(3)39-31-10-5-6-11-32(31)43/h5-11,20,24,28-30H,12-19,21-23H2,1-4H3,(H,40,44). The molecule has 45 heavy (non-hydrogen) atoms. The molecule has 3 atom stereocenters. The minimum Gasteiger partial charge on any atom is -0.341 e. The smallest absolute Gasteiger partial charge is 0.248 e. The maximum absolute atomic E-state index is 14.6. The zero-order valence-electron chi connectivity index (χ0n) is 27.1. The minimum atomic E-state index is -1.03. The second kappa shape index (κ2) is 12.7. The van der Waals surface area contributed by atoms with Crippen LogP contribution in [-0.4, -0.2) is 74.3 Å². The third-order valence-electron chi connectivity index (χ3n) is 11.4. The molecule has 4 heterocycles. The van der Waals surface area contributed by atoms with Gasteiger partial charge < -0.3 is 14.8 Å². The number of alkyl halides is 1. The van der Waals surface area contributed by atoms with Crippen LogP contribution in [0.15, 0.2) is 48.5 Å². The molecule has 7 nitrogen and oxygen atoms in total. The monoisotopic (exact) mass is 635 g/mol. The molecule has 3 saturated heterocycles. The van der Waals surface area contributed by atoms with Crippen LogP contribution in [0, 0.1) is 18.7 Å². The van der Waals surface area contributed by atoms with Gasteiger partial charge in [0.05, 0.1) is 11.0 Å². The summed E-state index contributed by atoms with van der Waals surface area (Å²) in [7, 11) is 0. The molecule has 0 spiro atoms. The second-order valence-electron chi connectivity index (χ2n) is 14.1. The first-order valence-electron chi connectivity index (χ1n) is 16.7. The summed E-state index contributed by atoms with van der Waals surface area (Å²) in [6, 6.07) is 17.0. The van der Waals surface area contributed by atoms with E-state index in [1.807, 2.05) is 24.8 Å². The number of hydrogen-bond donors (Lipinski definition) is 1. The number of para-hydroxylation sites is 2. The Labute approximate surface area is 271 Å². The zero-order chi connectivity index (χ0) is 31.9. The Hall–Kier alpha value is -2.97. The van der Waals surface area contributed by atoms with Crippen molar-refractivity contribution >= 4 is 34.4 Å². The lowest BCUT2D eigenvalue weighted by Gasteiger charge is -2.47. The van der Waals surface area contributed by atoms with Gasteiger partial charge in [0.1, 0.15) is 23.1 Å². The number of nitrogens with zero attached hydrogens (tertiary/aromatic N) is 4. The van der Waals surface area contributed by atoms with Crippen LogP contribution in [0.2, 0.25) is 0 Å². The van der Waals surface area contributed by atoms with Crippen LogP contribution in [-0.2, 0) is 15.0 Å².